The second-order valence-electron chi connectivity index (χ2n) is 2.67. The zero-order valence-electron chi connectivity index (χ0n) is 6.74. The van der Waals surface area contributed by atoms with E-state index in [0.717, 1.165) is 0 Å². The second-order valence-corrected chi connectivity index (χ2v) is 2.67. The number of primary amides is 1. The van der Waals surface area contributed by atoms with E-state index >= 15 is 0 Å². The molecule has 0 radical (unpaired) electrons. The first-order valence-corrected chi connectivity index (χ1v) is 3.53. The summed E-state index contributed by atoms with van der Waals surface area (Å²) in [6.07, 6.45) is 5.49. The van der Waals surface area contributed by atoms with Crippen LogP contribution in [0.4, 0.5) is 0 Å². The minimum atomic E-state index is -0.339. The molecule has 0 aliphatic carbocycles. The summed E-state index contributed by atoms with van der Waals surface area (Å²) in [5.41, 5.74) is 5.81. The molecule has 0 fully saturated rings. The van der Waals surface area contributed by atoms with Crippen LogP contribution in [0.15, 0.2) is 23.9 Å². The maximum absolute atomic E-state index is 10.8. The lowest BCUT2D eigenvalue weighted by molar-refractivity contribution is -0.115. The predicted octanol–water partition coefficient (Wildman–Crippen LogP) is 0.246. The Morgan fingerprint density at radius 2 is 2.36 bits per heavy atom. The lowest BCUT2D eigenvalue weighted by atomic mass is 10.0. The fraction of sp³-hybridized carbons (Fsp3) is 0.375. The largest absolute Gasteiger partial charge is 0.373 e. The van der Waals surface area contributed by atoms with Crippen LogP contribution in [0.1, 0.15) is 6.92 Å². The second kappa shape index (κ2) is 2.78. The number of amides is 1. The molecule has 0 spiro atoms. The standard InChI is InChI=1S/C8H12N2O/c1-6-7(8(9)11)4-3-5-10(6)2/h3-6H,1-2H3,(H2,9,11). The smallest absolute Gasteiger partial charge is 0.246 e. The summed E-state index contributed by atoms with van der Waals surface area (Å²) in [6.45, 7) is 1.94. The Kier molecular flexibility index (Phi) is 1.98. The van der Waals surface area contributed by atoms with Gasteiger partial charge in [-0.05, 0) is 19.2 Å². The molecule has 3 nitrogen and oxygen atoms in total. The van der Waals surface area contributed by atoms with Gasteiger partial charge in [-0.1, -0.05) is 6.08 Å². The van der Waals surface area contributed by atoms with Crippen LogP contribution in [0.5, 0.6) is 0 Å². The van der Waals surface area contributed by atoms with Gasteiger partial charge in [0, 0.05) is 12.6 Å². The van der Waals surface area contributed by atoms with Crippen LogP contribution in [0.2, 0.25) is 0 Å². The zero-order valence-corrected chi connectivity index (χ0v) is 6.74. The van der Waals surface area contributed by atoms with Gasteiger partial charge in [-0.3, -0.25) is 4.79 Å². The highest BCUT2D eigenvalue weighted by Crippen LogP contribution is 2.13. The van der Waals surface area contributed by atoms with E-state index in [1.54, 1.807) is 6.08 Å². The molecular weight excluding hydrogens is 140 g/mol. The molecule has 60 valence electrons. The number of hydrogen-bond acceptors (Lipinski definition) is 2. The highest BCUT2D eigenvalue weighted by atomic mass is 16.1. The van der Waals surface area contributed by atoms with Crippen molar-refractivity contribution >= 4 is 5.91 Å². The summed E-state index contributed by atoms with van der Waals surface area (Å²) in [4.78, 5) is 12.7. The van der Waals surface area contributed by atoms with Crippen LogP contribution in [0.25, 0.3) is 0 Å². The Labute approximate surface area is 66.2 Å². The van der Waals surface area contributed by atoms with Gasteiger partial charge in [0.05, 0.1) is 6.04 Å². The van der Waals surface area contributed by atoms with Gasteiger partial charge in [-0.15, -0.1) is 0 Å². The van der Waals surface area contributed by atoms with Crippen molar-refractivity contribution in [1.82, 2.24) is 4.90 Å². The van der Waals surface area contributed by atoms with Crippen molar-refractivity contribution in [2.75, 3.05) is 7.05 Å². The normalized spacial score (nSPS) is 23.3. The molecule has 0 saturated carbocycles. The van der Waals surface area contributed by atoms with Crippen LogP contribution in [0, 0.1) is 0 Å². The molecule has 0 aromatic carbocycles. The fourth-order valence-corrected chi connectivity index (χ4v) is 1.06. The minimum absolute atomic E-state index is 0.0949. The number of rotatable bonds is 1. The molecule has 2 N–H and O–H groups in total. The Bertz CT molecular complexity index is 230. The summed E-state index contributed by atoms with van der Waals surface area (Å²) in [7, 11) is 1.91. The van der Waals surface area contributed by atoms with Crippen molar-refractivity contribution in [2.45, 2.75) is 13.0 Å². The number of allylic oxidation sites excluding steroid dienone is 2. The van der Waals surface area contributed by atoms with Crippen molar-refractivity contribution in [3.63, 3.8) is 0 Å². The molecule has 0 bridgehead atoms. The first-order valence-electron chi connectivity index (χ1n) is 3.53. The van der Waals surface area contributed by atoms with Crippen LogP contribution in [-0.4, -0.2) is 23.9 Å². The Hall–Kier alpha value is -1.25. The highest BCUT2D eigenvalue weighted by Gasteiger charge is 2.17. The fourth-order valence-electron chi connectivity index (χ4n) is 1.06. The SMILES string of the molecule is CC1C(C(N)=O)=CC=CN1C. The van der Waals surface area contributed by atoms with E-state index in [4.69, 9.17) is 5.73 Å². The van der Waals surface area contributed by atoms with Crippen molar-refractivity contribution in [1.29, 1.82) is 0 Å². The van der Waals surface area contributed by atoms with Gasteiger partial charge >= 0.3 is 0 Å². The number of nitrogens with zero attached hydrogens (tertiary/aromatic N) is 1. The number of carbonyl (C=O) groups is 1. The molecule has 0 aromatic heterocycles. The van der Waals surface area contributed by atoms with E-state index in [9.17, 15) is 4.79 Å². The van der Waals surface area contributed by atoms with E-state index in [1.165, 1.54) is 0 Å². The zero-order chi connectivity index (χ0) is 8.43. The third-order valence-corrected chi connectivity index (χ3v) is 1.94. The van der Waals surface area contributed by atoms with Gasteiger partial charge in [0.15, 0.2) is 0 Å². The molecule has 11 heavy (non-hydrogen) atoms. The Morgan fingerprint density at radius 1 is 1.73 bits per heavy atom. The van der Waals surface area contributed by atoms with Crippen LogP contribution in [-0.2, 0) is 4.79 Å². The van der Waals surface area contributed by atoms with Gasteiger partial charge < -0.3 is 10.6 Å². The molecule has 0 saturated heterocycles. The quantitative estimate of drug-likeness (QED) is 0.585. The maximum atomic E-state index is 10.8. The van der Waals surface area contributed by atoms with E-state index in [0.29, 0.717) is 5.57 Å². The molecule has 1 unspecified atom stereocenters. The van der Waals surface area contributed by atoms with Crippen molar-refractivity contribution < 1.29 is 4.79 Å². The lowest BCUT2D eigenvalue weighted by Crippen LogP contribution is -2.33. The number of hydrogen-bond donors (Lipinski definition) is 1. The monoisotopic (exact) mass is 152 g/mol. The van der Waals surface area contributed by atoms with Gasteiger partial charge in [0.1, 0.15) is 0 Å². The molecular formula is C8H12N2O. The van der Waals surface area contributed by atoms with Gasteiger partial charge in [0.25, 0.3) is 0 Å². The van der Waals surface area contributed by atoms with Crippen molar-refractivity contribution in [2.24, 2.45) is 5.73 Å². The summed E-state index contributed by atoms with van der Waals surface area (Å²) >= 11 is 0. The number of nitrogens with two attached hydrogens (primary N) is 1. The molecule has 1 aliphatic rings. The maximum Gasteiger partial charge on any atom is 0.246 e. The first kappa shape index (κ1) is 7.85. The van der Waals surface area contributed by atoms with Crippen LogP contribution < -0.4 is 5.73 Å². The van der Waals surface area contributed by atoms with Gasteiger partial charge in [-0.2, -0.15) is 0 Å². The minimum Gasteiger partial charge on any atom is -0.373 e. The summed E-state index contributed by atoms with van der Waals surface area (Å²) < 4.78 is 0. The molecule has 1 atom stereocenters. The average molecular weight is 152 g/mol. The predicted molar refractivity (Wildman–Crippen MR) is 43.6 cm³/mol. The molecule has 1 rings (SSSR count). The summed E-state index contributed by atoms with van der Waals surface area (Å²) in [5.74, 6) is -0.339. The van der Waals surface area contributed by atoms with Gasteiger partial charge in [0.2, 0.25) is 5.91 Å². The number of carbonyl (C=O) groups excluding carboxylic acids is 1. The van der Waals surface area contributed by atoms with Crippen LogP contribution >= 0.6 is 0 Å². The lowest BCUT2D eigenvalue weighted by Gasteiger charge is -2.26. The molecule has 3 heteroatoms. The molecule has 0 aromatic rings. The molecule has 1 heterocycles. The van der Waals surface area contributed by atoms with Crippen molar-refractivity contribution in [3.8, 4) is 0 Å². The highest BCUT2D eigenvalue weighted by molar-refractivity contribution is 5.93. The molecule has 1 aliphatic heterocycles. The topological polar surface area (TPSA) is 46.3 Å². The van der Waals surface area contributed by atoms with E-state index in [-0.39, 0.29) is 11.9 Å². The first-order chi connectivity index (χ1) is 5.13. The van der Waals surface area contributed by atoms with E-state index in [2.05, 4.69) is 0 Å². The third kappa shape index (κ3) is 1.42. The van der Waals surface area contributed by atoms with Gasteiger partial charge in [-0.25, -0.2) is 0 Å². The Morgan fingerprint density at radius 3 is 2.82 bits per heavy atom. The molecule has 1 amide bonds. The summed E-state index contributed by atoms with van der Waals surface area (Å²) in [5, 5.41) is 0. The van der Waals surface area contributed by atoms with Crippen molar-refractivity contribution in [3.05, 3.63) is 23.9 Å². The van der Waals surface area contributed by atoms with Crippen LogP contribution in [0.3, 0.4) is 0 Å². The summed E-state index contributed by atoms with van der Waals surface area (Å²) in [6, 6.07) is 0.0949. The average Bonchev–Trinajstić information content (AvgIpc) is 1.94. The number of likely N-dealkylation sites (N-methyl/N-ethyl adjacent to an activating group) is 1. The third-order valence-electron chi connectivity index (χ3n) is 1.94. The van der Waals surface area contributed by atoms with E-state index < -0.39 is 0 Å². The Balaban J connectivity index is 2.87. The van der Waals surface area contributed by atoms with E-state index in [1.807, 2.05) is 31.1 Å².